The number of carbonyl (C=O) groups excluding carboxylic acids is 1. The van der Waals surface area contributed by atoms with E-state index in [1.165, 1.54) is 12.8 Å². The van der Waals surface area contributed by atoms with Gasteiger partial charge in [-0.25, -0.2) is 0 Å². The average Bonchev–Trinajstić information content (AvgIpc) is 2.96. The zero-order valence-corrected chi connectivity index (χ0v) is 10.4. The zero-order chi connectivity index (χ0) is 11.4. The molecule has 1 aliphatic carbocycles. The maximum atomic E-state index is 11.6. The van der Waals surface area contributed by atoms with Crippen molar-refractivity contribution < 1.29 is 4.79 Å². The Morgan fingerprint density at radius 2 is 2.00 bits per heavy atom. The van der Waals surface area contributed by atoms with E-state index in [2.05, 4.69) is 31.0 Å². The molecule has 0 saturated heterocycles. The lowest BCUT2D eigenvalue weighted by atomic mass is 10.2. The fourth-order valence-electron chi connectivity index (χ4n) is 1.68. The summed E-state index contributed by atoms with van der Waals surface area (Å²) in [4.78, 5) is 13.7. The molecule has 15 heavy (non-hydrogen) atoms. The molecule has 1 amide bonds. The van der Waals surface area contributed by atoms with Crippen molar-refractivity contribution in [1.82, 2.24) is 10.2 Å². The summed E-state index contributed by atoms with van der Waals surface area (Å²) in [6.45, 7) is 7.75. The molecule has 1 unspecified atom stereocenters. The van der Waals surface area contributed by atoms with E-state index in [4.69, 9.17) is 0 Å². The maximum Gasteiger partial charge on any atom is 0.234 e. The van der Waals surface area contributed by atoms with Crippen molar-refractivity contribution in [3.05, 3.63) is 0 Å². The molecular weight excluding hydrogens is 188 g/mol. The predicted molar refractivity (Wildman–Crippen MR) is 62.7 cm³/mol. The summed E-state index contributed by atoms with van der Waals surface area (Å²) >= 11 is 0. The van der Waals surface area contributed by atoms with Crippen LogP contribution < -0.4 is 5.32 Å². The van der Waals surface area contributed by atoms with E-state index in [1.807, 2.05) is 7.05 Å². The Balaban J connectivity index is 2.18. The quantitative estimate of drug-likeness (QED) is 0.723. The van der Waals surface area contributed by atoms with Gasteiger partial charge in [-0.05, 0) is 38.6 Å². The molecule has 1 atom stereocenters. The Hall–Kier alpha value is -0.570. The molecule has 0 radical (unpaired) electrons. The van der Waals surface area contributed by atoms with E-state index in [0.717, 1.165) is 12.5 Å². The van der Waals surface area contributed by atoms with Crippen LogP contribution in [0.25, 0.3) is 0 Å². The number of hydrogen-bond donors (Lipinski definition) is 1. The van der Waals surface area contributed by atoms with Crippen molar-refractivity contribution in [2.24, 2.45) is 11.8 Å². The van der Waals surface area contributed by atoms with Crippen molar-refractivity contribution in [2.45, 2.75) is 39.7 Å². The Kier molecular flexibility index (Phi) is 4.58. The second kappa shape index (κ2) is 5.50. The number of likely N-dealkylation sites (N-methyl/N-ethyl adjacent to an activating group) is 1. The van der Waals surface area contributed by atoms with Gasteiger partial charge in [-0.15, -0.1) is 0 Å². The van der Waals surface area contributed by atoms with Crippen LogP contribution in [0.4, 0.5) is 0 Å². The number of rotatable bonds is 6. The Labute approximate surface area is 93.2 Å². The third-order valence-corrected chi connectivity index (χ3v) is 3.10. The van der Waals surface area contributed by atoms with Gasteiger partial charge in [0.25, 0.3) is 0 Å². The molecule has 0 aromatic carbocycles. The van der Waals surface area contributed by atoms with Gasteiger partial charge in [0, 0.05) is 12.6 Å². The van der Waals surface area contributed by atoms with Crippen molar-refractivity contribution in [3.8, 4) is 0 Å². The average molecular weight is 212 g/mol. The highest BCUT2D eigenvalue weighted by Crippen LogP contribution is 2.34. The first-order valence-electron chi connectivity index (χ1n) is 5.97. The monoisotopic (exact) mass is 212 g/mol. The lowest BCUT2D eigenvalue weighted by molar-refractivity contribution is -0.122. The Morgan fingerprint density at radius 3 is 2.47 bits per heavy atom. The summed E-state index contributed by atoms with van der Waals surface area (Å²) in [5, 5.41) is 2.95. The molecule has 3 nitrogen and oxygen atoms in total. The molecule has 0 aliphatic heterocycles. The van der Waals surface area contributed by atoms with E-state index < -0.39 is 0 Å². The van der Waals surface area contributed by atoms with Crippen LogP contribution in [-0.4, -0.2) is 37.0 Å². The summed E-state index contributed by atoms with van der Waals surface area (Å²) in [5.74, 6) is 1.51. The fraction of sp³-hybridized carbons (Fsp3) is 0.917. The minimum absolute atomic E-state index is 0.152. The maximum absolute atomic E-state index is 11.6. The second-order valence-corrected chi connectivity index (χ2v) is 5.19. The third kappa shape index (κ3) is 4.65. The minimum Gasteiger partial charge on any atom is -0.355 e. The normalized spacial score (nSPS) is 18.3. The van der Waals surface area contributed by atoms with Crippen molar-refractivity contribution in [2.75, 3.05) is 20.1 Å². The minimum atomic E-state index is 0.152. The van der Waals surface area contributed by atoms with Crippen LogP contribution in [0.15, 0.2) is 0 Å². The third-order valence-electron chi connectivity index (χ3n) is 3.10. The number of hydrogen-bond acceptors (Lipinski definition) is 2. The fourth-order valence-corrected chi connectivity index (χ4v) is 1.68. The van der Waals surface area contributed by atoms with E-state index >= 15 is 0 Å². The molecule has 0 heterocycles. The highest BCUT2D eigenvalue weighted by Gasteiger charge is 2.30. The summed E-state index contributed by atoms with van der Waals surface area (Å²) in [6.07, 6.45) is 2.66. The largest absolute Gasteiger partial charge is 0.355 e. The smallest absolute Gasteiger partial charge is 0.234 e. The van der Waals surface area contributed by atoms with Gasteiger partial charge >= 0.3 is 0 Å². The van der Waals surface area contributed by atoms with Gasteiger partial charge in [0.1, 0.15) is 0 Å². The first kappa shape index (κ1) is 12.5. The molecule has 0 aromatic heterocycles. The molecule has 1 rings (SSSR count). The SMILES string of the molecule is CC(C)CNC(=O)CN(C)C(C)C1CC1. The van der Waals surface area contributed by atoms with Gasteiger partial charge in [0.05, 0.1) is 6.54 Å². The molecule has 0 aromatic rings. The van der Waals surface area contributed by atoms with Crippen LogP contribution in [0.1, 0.15) is 33.6 Å². The molecular formula is C12H24N2O. The first-order valence-corrected chi connectivity index (χ1v) is 5.97. The zero-order valence-electron chi connectivity index (χ0n) is 10.4. The van der Waals surface area contributed by atoms with Crippen LogP contribution in [0, 0.1) is 11.8 Å². The Bertz CT molecular complexity index is 212. The predicted octanol–water partition coefficient (Wildman–Crippen LogP) is 1.49. The van der Waals surface area contributed by atoms with Crippen LogP contribution in [0.2, 0.25) is 0 Å². The lowest BCUT2D eigenvalue weighted by Crippen LogP contribution is -2.41. The van der Waals surface area contributed by atoms with E-state index in [1.54, 1.807) is 0 Å². The number of amides is 1. The van der Waals surface area contributed by atoms with Crippen LogP contribution >= 0.6 is 0 Å². The van der Waals surface area contributed by atoms with Crippen LogP contribution in [-0.2, 0) is 4.79 Å². The van der Waals surface area contributed by atoms with Crippen LogP contribution in [0.5, 0.6) is 0 Å². The van der Waals surface area contributed by atoms with Crippen LogP contribution in [0.3, 0.4) is 0 Å². The standard InChI is InChI=1S/C12H24N2O/c1-9(2)7-13-12(15)8-14(4)10(3)11-5-6-11/h9-11H,5-8H2,1-4H3,(H,13,15). The molecule has 0 bridgehead atoms. The molecule has 1 saturated carbocycles. The molecule has 1 fully saturated rings. The van der Waals surface area contributed by atoms with Gasteiger partial charge in [-0.2, -0.15) is 0 Å². The van der Waals surface area contributed by atoms with Gasteiger partial charge < -0.3 is 5.32 Å². The molecule has 1 N–H and O–H groups in total. The topological polar surface area (TPSA) is 32.3 Å². The lowest BCUT2D eigenvalue weighted by Gasteiger charge is -2.24. The summed E-state index contributed by atoms with van der Waals surface area (Å²) < 4.78 is 0. The highest BCUT2D eigenvalue weighted by atomic mass is 16.2. The number of nitrogens with zero attached hydrogens (tertiary/aromatic N) is 1. The Morgan fingerprint density at radius 1 is 1.40 bits per heavy atom. The second-order valence-electron chi connectivity index (χ2n) is 5.19. The van der Waals surface area contributed by atoms with Crippen molar-refractivity contribution in [1.29, 1.82) is 0 Å². The number of carbonyl (C=O) groups is 1. The summed E-state index contributed by atoms with van der Waals surface area (Å²) in [6, 6.07) is 0.551. The van der Waals surface area contributed by atoms with E-state index in [9.17, 15) is 4.79 Å². The first-order chi connectivity index (χ1) is 7.00. The molecule has 3 heteroatoms. The van der Waals surface area contributed by atoms with Crippen molar-refractivity contribution in [3.63, 3.8) is 0 Å². The summed E-state index contributed by atoms with van der Waals surface area (Å²) in [5.41, 5.74) is 0. The van der Waals surface area contributed by atoms with E-state index in [-0.39, 0.29) is 5.91 Å². The molecule has 0 spiro atoms. The summed E-state index contributed by atoms with van der Waals surface area (Å²) in [7, 11) is 2.04. The van der Waals surface area contributed by atoms with Gasteiger partial charge in [0.15, 0.2) is 0 Å². The molecule has 88 valence electrons. The number of nitrogens with one attached hydrogen (secondary N) is 1. The highest BCUT2D eigenvalue weighted by molar-refractivity contribution is 5.78. The molecule has 1 aliphatic rings. The van der Waals surface area contributed by atoms with E-state index in [0.29, 0.717) is 18.5 Å². The van der Waals surface area contributed by atoms with Gasteiger partial charge in [-0.3, -0.25) is 9.69 Å². The van der Waals surface area contributed by atoms with Gasteiger partial charge in [0.2, 0.25) is 5.91 Å². The van der Waals surface area contributed by atoms with Gasteiger partial charge in [-0.1, -0.05) is 13.8 Å². The van der Waals surface area contributed by atoms with Crippen molar-refractivity contribution >= 4 is 5.91 Å².